The molecule has 0 fully saturated rings. The Balaban J connectivity index is 2.17. The van der Waals surface area contributed by atoms with Crippen LogP contribution >= 0.6 is 11.6 Å². The average Bonchev–Trinajstić information content (AvgIpc) is 2.76. The Morgan fingerprint density at radius 2 is 2.12 bits per heavy atom. The molecule has 0 aliphatic rings. The van der Waals surface area contributed by atoms with Gasteiger partial charge in [0.2, 0.25) is 0 Å². The smallest absolute Gasteiger partial charge is 0.178 e. The fourth-order valence-corrected chi connectivity index (χ4v) is 1.74. The van der Waals surface area contributed by atoms with Crippen LogP contribution in [0.25, 0.3) is 22.6 Å². The van der Waals surface area contributed by atoms with Crippen molar-refractivity contribution in [3.05, 3.63) is 47.4 Å². The number of H-pyrrole nitrogens is 1. The summed E-state index contributed by atoms with van der Waals surface area (Å²) >= 11 is 5.63. The highest BCUT2D eigenvalue weighted by molar-refractivity contribution is 6.30. The molecular formula is C12H7ClFN3. The summed E-state index contributed by atoms with van der Waals surface area (Å²) in [7, 11) is 0. The number of hydrogen-bond donors (Lipinski definition) is 1. The highest BCUT2D eigenvalue weighted by Crippen LogP contribution is 2.23. The average molecular weight is 248 g/mol. The van der Waals surface area contributed by atoms with Gasteiger partial charge in [-0.2, -0.15) is 0 Å². The first-order valence-corrected chi connectivity index (χ1v) is 5.38. The summed E-state index contributed by atoms with van der Waals surface area (Å²) in [5.74, 6) is 0.117. The summed E-state index contributed by atoms with van der Waals surface area (Å²) in [6.45, 7) is 0. The Bertz CT molecular complexity index is 660. The van der Waals surface area contributed by atoms with E-state index in [2.05, 4.69) is 15.0 Å². The Morgan fingerprint density at radius 1 is 1.24 bits per heavy atom. The standard InChI is InChI=1S/C12H7ClFN3/c13-8-4-3-7(6-9(8)14)11-16-10-2-1-5-15-12(10)17-11/h1-6H,(H,15,16,17). The maximum absolute atomic E-state index is 13.3. The van der Waals surface area contributed by atoms with E-state index >= 15 is 0 Å². The van der Waals surface area contributed by atoms with Gasteiger partial charge in [0, 0.05) is 11.8 Å². The van der Waals surface area contributed by atoms with Gasteiger partial charge in [0.05, 0.1) is 10.5 Å². The fraction of sp³-hybridized carbons (Fsp3) is 0. The van der Waals surface area contributed by atoms with Crippen LogP contribution in [-0.2, 0) is 0 Å². The summed E-state index contributed by atoms with van der Waals surface area (Å²) in [5, 5.41) is 0.1000. The number of nitrogens with zero attached hydrogens (tertiary/aromatic N) is 2. The molecule has 84 valence electrons. The first-order valence-electron chi connectivity index (χ1n) is 5.00. The molecule has 0 unspecified atom stereocenters. The molecule has 0 spiro atoms. The lowest BCUT2D eigenvalue weighted by atomic mass is 10.2. The molecule has 17 heavy (non-hydrogen) atoms. The van der Waals surface area contributed by atoms with Gasteiger partial charge in [0.15, 0.2) is 5.65 Å². The predicted molar refractivity (Wildman–Crippen MR) is 64.3 cm³/mol. The van der Waals surface area contributed by atoms with Crippen LogP contribution in [0.3, 0.4) is 0 Å². The van der Waals surface area contributed by atoms with Crippen molar-refractivity contribution < 1.29 is 4.39 Å². The van der Waals surface area contributed by atoms with Gasteiger partial charge < -0.3 is 4.98 Å². The van der Waals surface area contributed by atoms with E-state index in [1.165, 1.54) is 12.1 Å². The largest absolute Gasteiger partial charge is 0.337 e. The van der Waals surface area contributed by atoms with Gasteiger partial charge in [0.1, 0.15) is 11.6 Å². The maximum Gasteiger partial charge on any atom is 0.178 e. The monoisotopic (exact) mass is 247 g/mol. The Kier molecular flexibility index (Phi) is 2.30. The topological polar surface area (TPSA) is 41.6 Å². The second kappa shape index (κ2) is 3.82. The molecule has 0 bridgehead atoms. The van der Waals surface area contributed by atoms with Gasteiger partial charge in [-0.15, -0.1) is 0 Å². The Hall–Kier alpha value is -1.94. The highest BCUT2D eigenvalue weighted by Gasteiger charge is 2.08. The molecule has 0 amide bonds. The number of rotatable bonds is 1. The molecule has 0 saturated carbocycles. The van der Waals surface area contributed by atoms with E-state index in [0.717, 1.165) is 5.52 Å². The van der Waals surface area contributed by atoms with Crippen LogP contribution in [0.15, 0.2) is 36.5 Å². The minimum Gasteiger partial charge on any atom is -0.337 e. The van der Waals surface area contributed by atoms with E-state index in [4.69, 9.17) is 11.6 Å². The first kappa shape index (κ1) is 10.2. The maximum atomic E-state index is 13.3. The molecule has 0 atom stereocenters. The van der Waals surface area contributed by atoms with E-state index in [9.17, 15) is 4.39 Å². The molecule has 1 aromatic carbocycles. The van der Waals surface area contributed by atoms with Crippen LogP contribution in [0, 0.1) is 5.82 Å². The minimum atomic E-state index is -0.461. The number of halogens is 2. The lowest BCUT2D eigenvalue weighted by Crippen LogP contribution is -1.83. The van der Waals surface area contributed by atoms with Crippen molar-refractivity contribution in [3.63, 3.8) is 0 Å². The number of fused-ring (bicyclic) bond motifs is 1. The molecule has 3 aromatic rings. The molecule has 0 aliphatic heterocycles. The number of imidazole rings is 1. The summed E-state index contributed by atoms with van der Waals surface area (Å²) in [4.78, 5) is 11.5. The van der Waals surface area contributed by atoms with Crippen LogP contribution in [0.1, 0.15) is 0 Å². The lowest BCUT2D eigenvalue weighted by Gasteiger charge is -1.97. The number of aromatic amines is 1. The quantitative estimate of drug-likeness (QED) is 0.716. The lowest BCUT2D eigenvalue weighted by molar-refractivity contribution is 0.628. The van der Waals surface area contributed by atoms with Crippen LogP contribution in [0.2, 0.25) is 5.02 Å². The zero-order valence-corrected chi connectivity index (χ0v) is 9.37. The second-order valence-corrected chi connectivity index (χ2v) is 4.00. The zero-order chi connectivity index (χ0) is 11.8. The van der Waals surface area contributed by atoms with Crippen molar-refractivity contribution >= 4 is 22.8 Å². The summed E-state index contributed by atoms with van der Waals surface area (Å²) in [6.07, 6.45) is 1.66. The molecule has 2 aromatic heterocycles. The second-order valence-electron chi connectivity index (χ2n) is 3.59. The van der Waals surface area contributed by atoms with E-state index < -0.39 is 5.82 Å². The SMILES string of the molecule is Fc1cc(-c2nc3ncccc3[nH]2)ccc1Cl. The van der Waals surface area contributed by atoms with Gasteiger partial charge in [0.25, 0.3) is 0 Å². The normalized spacial score (nSPS) is 10.9. The molecule has 0 saturated heterocycles. The highest BCUT2D eigenvalue weighted by atomic mass is 35.5. The Labute approximate surface area is 101 Å². The van der Waals surface area contributed by atoms with Crippen LogP contribution < -0.4 is 0 Å². The zero-order valence-electron chi connectivity index (χ0n) is 8.61. The molecule has 0 aliphatic carbocycles. The molecule has 0 radical (unpaired) electrons. The van der Waals surface area contributed by atoms with E-state index in [1.807, 2.05) is 12.1 Å². The third kappa shape index (κ3) is 1.76. The van der Waals surface area contributed by atoms with Crippen molar-refractivity contribution in [2.45, 2.75) is 0 Å². The minimum absolute atomic E-state index is 0.1000. The van der Waals surface area contributed by atoms with Gasteiger partial charge in [-0.3, -0.25) is 0 Å². The number of pyridine rings is 1. The molecule has 1 N–H and O–H groups in total. The molecular weight excluding hydrogens is 241 g/mol. The molecule has 3 rings (SSSR count). The fourth-order valence-electron chi connectivity index (χ4n) is 1.63. The van der Waals surface area contributed by atoms with Gasteiger partial charge >= 0.3 is 0 Å². The Morgan fingerprint density at radius 3 is 2.88 bits per heavy atom. The molecule has 2 heterocycles. The summed E-state index contributed by atoms with van der Waals surface area (Å²) in [5.41, 5.74) is 2.07. The van der Waals surface area contributed by atoms with E-state index in [-0.39, 0.29) is 5.02 Å². The summed E-state index contributed by atoms with van der Waals surface area (Å²) < 4.78 is 13.3. The van der Waals surface area contributed by atoms with Gasteiger partial charge in [-0.05, 0) is 30.3 Å². The number of hydrogen-bond acceptors (Lipinski definition) is 2. The number of benzene rings is 1. The van der Waals surface area contributed by atoms with Gasteiger partial charge in [-0.25, -0.2) is 14.4 Å². The predicted octanol–water partition coefficient (Wildman–Crippen LogP) is 3.42. The van der Waals surface area contributed by atoms with Gasteiger partial charge in [-0.1, -0.05) is 11.6 Å². The van der Waals surface area contributed by atoms with Crippen LogP contribution in [0.5, 0.6) is 0 Å². The third-order valence-electron chi connectivity index (χ3n) is 2.45. The molecule has 5 heteroatoms. The van der Waals surface area contributed by atoms with Crippen molar-refractivity contribution in [3.8, 4) is 11.4 Å². The van der Waals surface area contributed by atoms with Crippen molar-refractivity contribution in [1.29, 1.82) is 0 Å². The number of nitrogens with one attached hydrogen (secondary N) is 1. The van der Waals surface area contributed by atoms with E-state index in [1.54, 1.807) is 12.3 Å². The number of aromatic nitrogens is 3. The van der Waals surface area contributed by atoms with Crippen molar-refractivity contribution in [2.24, 2.45) is 0 Å². The first-order chi connectivity index (χ1) is 8.24. The van der Waals surface area contributed by atoms with Crippen LogP contribution in [0.4, 0.5) is 4.39 Å². The van der Waals surface area contributed by atoms with Crippen molar-refractivity contribution in [2.75, 3.05) is 0 Å². The molecule has 3 nitrogen and oxygen atoms in total. The van der Waals surface area contributed by atoms with Crippen molar-refractivity contribution in [1.82, 2.24) is 15.0 Å². The van der Waals surface area contributed by atoms with E-state index in [0.29, 0.717) is 17.0 Å². The third-order valence-corrected chi connectivity index (χ3v) is 2.76. The summed E-state index contributed by atoms with van der Waals surface area (Å²) in [6, 6.07) is 8.24. The van der Waals surface area contributed by atoms with Crippen LogP contribution in [-0.4, -0.2) is 15.0 Å².